The third kappa shape index (κ3) is 4.69. The van der Waals surface area contributed by atoms with Crippen molar-refractivity contribution in [3.05, 3.63) is 36.0 Å². The second kappa shape index (κ2) is 7.96. The summed E-state index contributed by atoms with van der Waals surface area (Å²) in [6.07, 6.45) is 0. The van der Waals surface area contributed by atoms with Gasteiger partial charge in [-0.05, 0) is 18.1 Å². The normalized spacial score (nSPS) is 11.2. The molecule has 0 atom stereocenters. The van der Waals surface area contributed by atoms with Crippen molar-refractivity contribution in [2.75, 3.05) is 26.9 Å². The number of hydrogen-bond acceptors (Lipinski definition) is 4. The fourth-order valence-electron chi connectivity index (χ4n) is 2.10. The molecule has 4 heteroatoms. The molecule has 1 aromatic heterocycles. The van der Waals surface area contributed by atoms with E-state index < -0.39 is 0 Å². The van der Waals surface area contributed by atoms with E-state index in [1.54, 1.807) is 7.11 Å². The highest BCUT2D eigenvalue weighted by molar-refractivity contribution is 5.84. The molecule has 0 unspecified atom stereocenters. The lowest BCUT2D eigenvalue weighted by Gasteiger charge is -2.09. The van der Waals surface area contributed by atoms with Crippen molar-refractivity contribution in [2.24, 2.45) is 5.92 Å². The molecule has 0 bridgehead atoms. The largest absolute Gasteiger partial charge is 0.494 e. The van der Waals surface area contributed by atoms with Gasteiger partial charge >= 0.3 is 0 Å². The summed E-state index contributed by atoms with van der Waals surface area (Å²) in [4.78, 5) is 4.66. The molecule has 1 aromatic carbocycles. The molecule has 2 rings (SSSR count). The summed E-state index contributed by atoms with van der Waals surface area (Å²) >= 11 is 0. The second-order valence-corrected chi connectivity index (χ2v) is 5.48. The molecule has 0 aliphatic rings. The van der Waals surface area contributed by atoms with Crippen molar-refractivity contribution in [3.63, 3.8) is 0 Å². The first-order chi connectivity index (χ1) is 10.2. The maximum absolute atomic E-state index is 5.54. The van der Waals surface area contributed by atoms with Crippen molar-refractivity contribution < 1.29 is 9.47 Å². The van der Waals surface area contributed by atoms with E-state index in [-0.39, 0.29) is 0 Å². The molecule has 4 nitrogen and oxygen atoms in total. The summed E-state index contributed by atoms with van der Waals surface area (Å²) in [6.45, 7) is 7.42. The van der Waals surface area contributed by atoms with Gasteiger partial charge in [0.1, 0.15) is 11.3 Å². The van der Waals surface area contributed by atoms with Crippen molar-refractivity contribution in [1.29, 1.82) is 0 Å². The summed E-state index contributed by atoms with van der Waals surface area (Å²) in [5, 5.41) is 4.44. The molecule has 0 fully saturated rings. The number of methoxy groups -OCH3 is 1. The van der Waals surface area contributed by atoms with Gasteiger partial charge in [-0.15, -0.1) is 0 Å². The van der Waals surface area contributed by atoms with Crippen LogP contribution in [-0.4, -0.2) is 31.9 Å². The van der Waals surface area contributed by atoms with Crippen molar-refractivity contribution >= 4 is 10.9 Å². The van der Waals surface area contributed by atoms with Crippen LogP contribution >= 0.6 is 0 Å². The third-order valence-corrected chi connectivity index (χ3v) is 3.14. The minimum absolute atomic E-state index is 0.583. The molecule has 1 heterocycles. The predicted molar refractivity (Wildman–Crippen MR) is 85.7 cm³/mol. The van der Waals surface area contributed by atoms with Gasteiger partial charge in [0.25, 0.3) is 0 Å². The molecule has 0 aliphatic heterocycles. The fourth-order valence-corrected chi connectivity index (χ4v) is 2.10. The Bertz CT molecular complexity index is 570. The molecule has 0 saturated carbocycles. The predicted octanol–water partition coefficient (Wildman–Crippen LogP) is 3.01. The van der Waals surface area contributed by atoms with Crippen molar-refractivity contribution in [3.8, 4) is 5.75 Å². The van der Waals surface area contributed by atoms with Gasteiger partial charge in [0.05, 0.1) is 19.4 Å². The van der Waals surface area contributed by atoms with E-state index in [0.717, 1.165) is 48.6 Å². The van der Waals surface area contributed by atoms with Crippen LogP contribution in [0.25, 0.3) is 10.9 Å². The van der Waals surface area contributed by atoms with Crippen LogP contribution in [-0.2, 0) is 11.3 Å². The number of benzene rings is 1. The lowest BCUT2D eigenvalue weighted by molar-refractivity contribution is 0.111. The van der Waals surface area contributed by atoms with E-state index in [0.29, 0.717) is 5.92 Å². The molecule has 0 amide bonds. The molecule has 21 heavy (non-hydrogen) atoms. The highest BCUT2D eigenvalue weighted by Crippen LogP contribution is 2.23. The number of nitrogens with zero attached hydrogens (tertiary/aromatic N) is 1. The minimum Gasteiger partial charge on any atom is -0.494 e. The lowest BCUT2D eigenvalue weighted by atomic mass is 10.2. The van der Waals surface area contributed by atoms with E-state index >= 15 is 0 Å². The summed E-state index contributed by atoms with van der Waals surface area (Å²) in [5.74, 6) is 1.40. The molecule has 1 N–H and O–H groups in total. The molecule has 114 valence electrons. The van der Waals surface area contributed by atoms with Crippen LogP contribution in [0, 0.1) is 5.92 Å². The zero-order valence-corrected chi connectivity index (χ0v) is 13.1. The van der Waals surface area contributed by atoms with Gasteiger partial charge in [-0.1, -0.05) is 32.0 Å². The van der Waals surface area contributed by atoms with E-state index in [4.69, 9.17) is 9.47 Å². The van der Waals surface area contributed by atoms with E-state index in [2.05, 4.69) is 30.2 Å². The highest BCUT2D eigenvalue weighted by Gasteiger charge is 2.03. The Labute approximate surface area is 126 Å². The van der Waals surface area contributed by atoms with Gasteiger partial charge in [-0.3, -0.25) is 0 Å². The van der Waals surface area contributed by atoms with E-state index in [1.165, 1.54) is 0 Å². The number of fused-ring (bicyclic) bond motifs is 1. The van der Waals surface area contributed by atoms with Gasteiger partial charge in [0.15, 0.2) is 0 Å². The molecule has 0 saturated heterocycles. The maximum atomic E-state index is 5.54. The topological polar surface area (TPSA) is 43.4 Å². The van der Waals surface area contributed by atoms with E-state index in [9.17, 15) is 0 Å². The number of para-hydroxylation sites is 1. The molecule has 0 aliphatic carbocycles. The molecular formula is C17H24N2O2. The molecule has 2 aromatic rings. The Morgan fingerprint density at radius 2 is 2.05 bits per heavy atom. The zero-order valence-electron chi connectivity index (χ0n) is 13.1. The average molecular weight is 288 g/mol. The molecule has 0 spiro atoms. The first-order valence-corrected chi connectivity index (χ1v) is 7.42. The van der Waals surface area contributed by atoms with Crippen LogP contribution in [0.2, 0.25) is 0 Å². The highest BCUT2D eigenvalue weighted by atomic mass is 16.5. The van der Waals surface area contributed by atoms with Gasteiger partial charge in [-0.25, -0.2) is 4.98 Å². The standard InChI is InChI=1S/C17H24N2O2/c1-13(2)12-21-10-9-18-11-15-8-7-14-5-4-6-16(20-3)17(14)19-15/h4-8,13,18H,9-12H2,1-3H3. The number of pyridine rings is 1. The number of hydrogen-bond donors (Lipinski definition) is 1. The van der Waals surface area contributed by atoms with E-state index in [1.807, 2.05) is 24.3 Å². The van der Waals surface area contributed by atoms with Crippen molar-refractivity contribution in [2.45, 2.75) is 20.4 Å². The quantitative estimate of drug-likeness (QED) is 0.758. The minimum atomic E-state index is 0.583. The lowest BCUT2D eigenvalue weighted by Crippen LogP contribution is -2.20. The van der Waals surface area contributed by atoms with Gasteiger partial charge in [0.2, 0.25) is 0 Å². The smallest absolute Gasteiger partial charge is 0.145 e. The van der Waals surface area contributed by atoms with Gasteiger partial charge in [-0.2, -0.15) is 0 Å². The summed E-state index contributed by atoms with van der Waals surface area (Å²) in [6, 6.07) is 10.1. The number of aromatic nitrogens is 1. The summed E-state index contributed by atoms with van der Waals surface area (Å²) in [5.41, 5.74) is 1.92. The second-order valence-electron chi connectivity index (χ2n) is 5.48. The number of ether oxygens (including phenoxy) is 2. The summed E-state index contributed by atoms with van der Waals surface area (Å²) in [7, 11) is 1.67. The Morgan fingerprint density at radius 1 is 1.19 bits per heavy atom. The maximum Gasteiger partial charge on any atom is 0.145 e. The van der Waals surface area contributed by atoms with Crippen LogP contribution in [0.5, 0.6) is 5.75 Å². The Balaban J connectivity index is 1.88. The first-order valence-electron chi connectivity index (χ1n) is 7.42. The fraction of sp³-hybridized carbons (Fsp3) is 0.471. The number of rotatable bonds is 8. The molecule has 0 radical (unpaired) electrons. The van der Waals surface area contributed by atoms with Gasteiger partial charge in [0, 0.05) is 25.1 Å². The van der Waals surface area contributed by atoms with Crippen LogP contribution in [0.4, 0.5) is 0 Å². The number of nitrogens with one attached hydrogen (secondary N) is 1. The Hall–Kier alpha value is -1.65. The Kier molecular flexibility index (Phi) is 5.96. The monoisotopic (exact) mass is 288 g/mol. The molecular weight excluding hydrogens is 264 g/mol. The summed E-state index contributed by atoms with van der Waals surface area (Å²) < 4.78 is 10.9. The van der Waals surface area contributed by atoms with Gasteiger partial charge < -0.3 is 14.8 Å². The SMILES string of the molecule is COc1cccc2ccc(CNCCOCC(C)C)nc12. The average Bonchev–Trinajstić information content (AvgIpc) is 2.49. The van der Waals surface area contributed by atoms with Crippen LogP contribution in [0.15, 0.2) is 30.3 Å². The van der Waals surface area contributed by atoms with Crippen LogP contribution in [0.3, 0.4) is 0 Å². The Morgan fingerprint density at radius 3 is 2.81 bits per heavy atom. The van der Waals surface area contributed by atoms with Crippen molar-refractivity contribution in [1.82, 2.24) is 10.3 Å². The van der Waals surface area contributed by atoms with Crippen LogP contribution in [0.1, 0.15) is 19.5 Å². The first kappa shape index (κ1) is 15.7. The zero-order chi connectivity index (χ0) is 15.1. The third-order valence-electron chi connectivity index (χ3n) is 3.14. The van der Waals surface area contributed by atoms with Crippen LogP contribution < -0.4 is 10.1 Å².